The second-order valence-electron chi connectivity index (χ2n) is 6.10. The molecule has 0 radical (unpaired) electrons. The van der Waals surface area contributed by atoms with E-state index in [4.69, 9.17) is 5.73 Å². The van der Waals surface area contributed by atoms with E-state index in [2.05, 4.69) is 10.2 Å². The van der Waals surface area contributed by atoms with Crippen molar-refractivity contribution in [3.63, 3.8) is 0 Å². The van der Waals surface area contributed by atoms with Gasteiger partial charge < -0.3 is 10.8 Å². The lowest BCUT2D eigenvalue weighted by molar-refractivity contribution is -0.385. The molecule has 0 spiro atoms. The first-order valence-electron chi connectivity index (χ1n) is 7.99. The van der Waals surface area contributed by atoms with Gasteiger partial charge in [-0.05, 0) is 24.3 Å². The Morgan fingerprint density at radius 1 is 0.903 bits per heavy atom. The summed E-state index contributed by atoms with van der Waals surface area (Å²) in [6.45, 7) is 0. The summed E-state index contributed by atoms with van der Waals surface area (Å²) < 4.78 is 64.7. The van der Waals surface area contributed by atoms with Gasteiger partial charge in [-0.1, -0.05) is 0 Å². The van der Waals surface area contributed by atoms with E-state index in [-0.39, 0.29) is 22.1 Å². The monoisotopic (exact) mass is 468 g/mol. The molecule has 0 fully saturated rings. The van der Waals surface area contributed by atoms with Crippen molar-refractivity contribution in [2.24, 2.45) is 10.2 Å². The Morgan fingerprint density at radius 3 is 2.10 bits per heavy atom. The summed E-state index contributed by atoms with van der Waals surface area (Å²) in [4.78, 5) is 8.45. The number of fused-ring (bicyclic) bond motifs is 1. The minimum atomic E-state index is -4.91. The second kappa shape index (κ2) is 7.55. The lowest BCUT2D eigenvalue weighted by Gasteiger charge is -2.09. The zero-order chi connectivity index (χ0) is 23.1. The number of hydrogen-bond acceptors (Lipinski definition) is 10. The van der Waals surface area contributed by atoms with Crippen LogP contribution in [0.5, 0.6) is 5.75 Å². The maximum Gasteiger partial charge on any atom is 0.297 e. The number of anilines is 1. The number of phenolic OH excluding ortho intramolecular Hbond substituents is 1. The van der Waals surface area contributed by atoms with Crippen molar-refractivity contribution in [3.05, 3.63) is 52.6 Å². The number of rotatable bonds is 5. The highest BCUT2D eigenvalue weighted by atomic mass is 32.2. The minimum Gasteiger partial charge on any atom is -0.507 e. The van der Waals surface area contributed by atoms with Crippen molar-refractivity contribution >= 4 is 53.8 Å². The lowest BCUT2D eigenvalue weighted by atomic mass is 10.1. The third kappa shape index (κ3) is 4.43. The molecule has 0 saturated carbocycles. The Hall–Kier alpha value is -3.66. The van der Waals surface area contributed by atoms with Crippen molar-refractivity contribution in [1.82, 2.24) is 0 Å². The predicted molar refractivity (Wildman–Crippen MR) is 107 cm³/mol. The number of azo groups is 1. The largest absolute Gasteiger partial charge is 0.507 e. The van der Waals surface area contributed by atoms with E-state index in [9.17, 15) is 41.2 Å². The number of nitro groups is 1. The van der Waals surface area contributed by atoms with Crippen LogP contribution in [-0.2, 0) is 20.2 Å². The first-order valence-corrected chi connectivity index (χ1v) is 10.9. The Labute approximate surface area is 174 Å². The molecule has 0 bridgehead atoms. The number of nitrogens with two attached hydrogens (primary N) is 1. The third-order valence-corrected chi connectivity index (χ3v) is 5.79. The summed E-state index contributed by atoms with van der Waals surface area (Å²) in [6.07, 6.45) is 0. The molecule has 0 aliphatic carbocycles. The van der Waals surface area contributed by atoms with E-state index < -0.39 is 52.1 Å². The fourth-order valence-corrected chi connectivity index (χ4v) is 3.87. The van der Waals surface area contributed by atoms with Crippen molar-refractivity contribution in [1.29, 1.82) is 0 Å². The Kier molecular flexibility index (Phi) is 5.36. The Bertz CT molecular complexity index is 1480. The van der Waals surface area contributed by atoms with E-state index >= 15 is 0 Å². The number of nitrogens with zero attached hydrogens (tertiary/aromatic N) is 3. The molecule has 3 rings (SSSR count). The van der Waals surface area contributed by atoms with Crippen LogP contribution in [0, 0.1) is 10.1 Å². The molecule has 13 nitrogen and oxygen atoms in total. The smallest absolute Gasteiger partial charge is 0.297 e. The maximum atomic E-state index is 11.6. The van der Waals surface area contributed by atoms with E-state index in [1.807, 2.05) is 0 Å². The van der Waals surface area contributed by atoms with Crippen LogP contribution >= 0.6 is 0 Å². The van der Waals surface area contributed by atoms with Gasteiger partial charge >= 0.3 is 0 Å². The fraction of sp³-hybridized carbons (Fsp3) is 0. The SMILES string of the molecule is Nc1ccc(N=Nc2ccc([N+](=O)[O-])cc2S(=O)(=O)O)c2cc(S(=O)(=O)O)cc(O)c12. The van der Waals surface area contributed by atoms with Gasteiger partial charge in [-0.15, -0.1) is 10.2 Å². The molecule has 3 aromatic carbocycles. The molecule has 0 heterocycles. The molecule has 0 atom stereocenters. The van der Waals surface area contributed by atoms with Crippen molar-refractivity contribution in [2.45, 2.75) is 9.79 Å². The van der Waals surface area contributed by atoms with Crippen LogP contribution in [0.1, 0.15) is 0 Å². The summed E-state index contributed by atoms with van der Waals surface area (Å²) in [5.41, 5.74) is 4.68. The molecule has 31 heavy (non-hydrogen) atoms. The number of non-ortho nitro benzene ring substituents is 1. The Balaban J connectivity index is 2.24. The predicted octanol–water partition coefficient (Wildman–Crippen LogP) is 2.94. The van der Waals surface area contributed by atoms with Crippen LogP contribution in [0.15, 0.2) is 62.5 Å². The second-order valence-corrected chi connectivity index (χ2v) is 8.91. The van der Waals surface area contributed by atoms with Gasteiger partial charge in [0.1, 0.15) is 16.3 Å². The zero-order valence-electron chi connectivity index (χ0n) is 15.1. The number of aromatic hydroxyl groups is 1. The topological polar surface area (TPSA) is 223 Å². The van der Waals surface area contributed by atoms with Gasteiger partial charge in [0.15, 0.2) is 0 Å². The zero-order valence-corrected chi connectivity index (χ0v) is 16.7. The normalized spacial score (nSPS) is 12.5. The highest BCUT2D eigenvalue weighted by Gasteiger charge is 2.21. The first kappa shape index (κ1) is 22.0. The van der Waals surface area contributed by atoms with Crippen LogP contribution in [0.2, 0.25) is 0 Å². The molecule has 162 valence electrons. The van der Waals surface area contributed by atoms with Gasteiger partial charge in [0.2, 0.25) is 0 Å². The average molecular weight is 468 g/mol. The van der Waals surface area contributed by atoms with Crippen LogP contribution in [-0.4, -0.2) is 36.0 Å². The summed E-state index contributed by atoms with van der Waals surface area (Å²) in [5.74, 6) is -0.575. The average Bonchev–Trinajstić information content (AvgIpc) is 2.65. The van der Waals surface area contributed by atoms with Gasteiger partial charge in [-0.3, -0.25) is 19.2 Å². The standard InChI is InChI=1S/C16H12N4O9S2/c17-11-2-4-12(10-6-9(30(24,25)26)7-14(21)16(10)11)18-19-13-3-1-8(20(22)23)5-15(13)31(27,28)29/h1-7,21H,17H2,(H,24,25,26)(H,27,28,29). The van der Waals surface area contributed by atoms with Gasteiger partial charge in [-0.25, -0.2) is 0 Å². The first-order chi connectivity index (χ1) is 14.3. The molecule has 15 heteroatoms. The molecular formula is C16H12N4O9S2. The highest BCUT2D eigenvalue weighted by Crippen LogP contribution is 2.39. The summed E-state index contributed by atoms with van der Waals surface area (Å²) in [7, 11) is -9.61. The fourth-order valence-electron chi connectivity index (χ4n) is 2.70. The van der Waals surface area contributed by atoms with Gasteiger partial charge in [0.05, 0.1) is 15.5 Å². The summed E-state index contributed by atoms with van der Waals surface area (Å²) in [6, 6.07) is 6.79. The number of hydrogen-bond donors (Lipinski definition) is 4. The van der Waals surface area contributed by atoms with Crippen LogP contribution < -0.4 is 5.73 Å². The molecular weight excluding hydrogens is 456 g/mol. The summed E-state index contributed by atoms with van der Waals surface area (Å²) in [5, 5.41) is 28.4. The molecule has 3 aromatic rings. The van der Waals surface area contributed by atoms with E-state index in [1.165, 1.54) is 12.1 Å². The third-order valence-electron chi connectivity index (χ3n) is 4.07. The van der Waals surface area contributed by atoms with Crippen LogP contribution in [0.4, 0.5) is 22.7 Å². The van der Waals surface area contributed by atoms with Crippen LogP contribution in [0.25, 0.3) is 10.8 Å². The van der Waals surface area contributed by atoms with E-state index in [1.54, 1.807) is 0 Å². The summed E-state index contributed by atoms with van der Waals surface area (Å²) >= 11 is 0. The lowest BCUT2D eigenvalue weighted by Crippen LogP contribution is -2.00. The van der Waals surface area contributed by atoms with Crippen molar-refractivity contribution in [2.75, 3.05) is 5.73 Å². The molecule has 0 aliphatic rings. The Morgan fingerprint density at radius 2 is 1.52 bits per heavy atom. The van der Waals surface area contributed by atoms with E-state index in [0.717, 1.165) is 24.3 Å². The number of nitro benzene ring substituents is 1. The highest BCUT2D eigenvalue weighted by molar-refractivity contribution is 7.86. The molecule has 0 unspecified atom stereocenters. The van der Waals surface area contributed by atoms with Gasteiger partial charge in [-0.2, -0.15) is 16.8 Å². The maximum absolute atomic E-state index is 11.6. The number of benzene rings is 3. The molecule has 0 saturated heterocycles. The van der Waals surface area contributed by atoms with Gasteiger partial charge in [0.25, 0.3) is 25.9 Å². The molecule has 0 aliphatic heterocycles. The van der Waals surface area contributed by atoms with Gasteiger partial charge in [0, 0.05) is 34.7 Å². The molecule has 5 N–H and O–H groups in total. The number of nitrogen functional groups attached to an aromatic ring is 1. The van der Waals surface area contributed by atoms with Crippen molar-refractivity contribution in [3.8, 4) is 5.75 Å². The van der Waals surface area contributed by atoms with E-state index in [0.29, 0.717) is 6.07 Å². The number of phenols is 1. The van der Waals surface area contributed by atoms with Crippen molar-refractivity contribution < 1.29 is 36.0 Å². The van der Waals surface area contributed by atoms with Crippen LogP contribution in [0.3, 0.4) is 0 Å². The minimum absolute atomic E-state index is 0.0115. The molecule has 0 aromatic heterocycles. The quantitative estimate of drug-likeness (QED) is 0.141. The molecule has 0 amide bonds.